The summed E-state index contributed by atoms with van der Waals surface area (Å²) in [5.41, 5.74) is 6.00. The van der Waals surface area contributed by atoms with Crippen molar-refractivity contribution in [2.45, 2.75) is 0 Å². The molecule has 0 spiro atoms. The van der Waals surface area contributed by atoms with E-state index in [2.05, 4.69) is 0 Å². The van der Waals surface area contributed by atoms with E-state index >= 15 is 0 Å². The SMILES string of the molecule is NC(=O)/C(=C\c1cccc([N+](=O)[O-])c1)c1ccc([N+](=O)[O-])cc1. The number of rotatable bonds is 5. The first-order valence-electron chi connectivity index (χ1n) is 6.39. The molecule has 8 nitrogen and oxygen atoms in total. The van der Waals surface area contributed by atoms with Gasteiger partial charge in [0, 0.05) is 29.8 Å². The summed E-state index contributed by atoms with van der Waals surface area (Å²) in [6.45, 7) is 0. The minimum atomic E-state index is -0.745. The van der Waals surface area contributed by atoms with Crippen molar-refractivity contribution in [2.24, 2.45) is 5.73 Å². The van der Waals surface area contributed by atoms with Crippen LogP contribution in [0.3, 0.4) is 0 Å². The highest BCUT2D eigenvalue weighted by Crippen LogP contribution is 2.22. The van der Waals surface area contributed by atoms with Gasteiger partial charge in [-0.05, 0) is 29.3 Å². The van der Waals surface area contributed by atoms with Crippen molar-refractivity contribution in [3.63, 3.8) is 0 Å². The Labute approximate surface area is 130 Å². The van der Waals surface area contributed by atoms with E-state index in [4.69, 9.17) is 5.73 Å². The van der Waals surface area contributed by atoms with Crippen LogP contribution in [0.25, 0.3) is 11.6 Å². The Morgan fingerprint density at radius 1 is 0.957 bits per heavy atom. The largest absolute Gasteiger partial charge is 0.366 e. The van der Waals surface area contributed by atoms with Crippen LogP contribution in [0.15, 0.2) is 48.5 Å². The maximum absolute atomic E-state index is 11.6. The van der Waals surface area contributed by atoms with Gasteiger partial charge < -0.3 is 5.73 Å². The first kappa shape index (κ1) is 15.8. The van der Waals surface area contributed by atoms with Gasteiger partial charge in [-0.1, -0.05) is 12.1 Å². The fourth-order valence-corrected chi connectivity index (χ4v) is 1.95. The second kappa shape index (κ2) is 6.48. The monoisotopic (exact) mass is 313 g/mol. The molecule has 2 aromatic rings. The number of carbonyl (C=O) groups is 1. The van der Waals surface area contributed by atoms with Crippen molar-refractivity contribution in [3.8, 4) is 0 Å². The molecule has 0 radical (unpaired) electrons. The van der Waals surface area contributed by atoms with Crippen molar-refractivity contribution in [1.29, 1.82) is 0 Å². The number of hydrogen-bond donors (Lipinski definition) is 1. The second-order valence-electron chi connectivity index (χ2n) is 4.58. The van der Waals surface area contributed by atoms with Crippen molar-refractivity contribution in [3.05, 3.63) is 79.9 Å². The number of nitrogens with zero attached hydrogens (tertiary/aromatic N) is 2. The quantitative estimate of drug-likeness (QED) is 0.392. The smallest absolute Gasteiger partial charge is 0.270 e. The number of amides is 1. The molecule has 0 aliphatic rings. The van der Waals surface area contributed by atoms with E-state index < -0.39 is 15.8 Å². The Bertz CT molecular complexity index is 812. The van der Waals surface area contributed by atoms with Crippen LogP contribution in [0.5, 0.6) is 0 Å². The Morgan fingerprint density at radius 2 is 1.57 bits per heavy atom. The van der Waals surface area contributed by atoms with Gasteiger partial charge in [0.15, 0.2) is 0 Å². The third-order valence-corrected chi connectivity index (χ3v) is 3.05. The van der Waals surface area contributed by atoms with Crippen LogP contribution in [0, 0.1) is 20.2 Å². The molecule has 0 fully saturated rings. The average molecular weight is 313 g/mol. The summed E-state index contributed by atoms with van der Waals surface area (Å²) >= 11 is 0. The van der Waals surface area contributed by atoms with Crippen LogP contribution >= 0.6 is 0 Å². The maximum Gasteiger partial charge on any atom is 0.270 e. The van der Waals surface area contributed by atoms with E-state index in [1.54, 1.807) is 6.07 Å². The lowest BCUT2D eigenvalue weighted by molar-refractivity contribution is -0.385. The number of hydrogen-bond acceptors (Lipinski definition) is 5. The molecule has 0 unspecified atom stereocenters. The summed E-state index contributed by atoms with van der Waals surface area (Å²) in [5.74, 6) is -0.745. The Morgan fingerprint density at radius 3 is 2.09 bits per heavy atom. The minimum absolute atomic E-state index is 0.0976. The molecular formula is C15H11N3O5. The van der Waals surface area contributed by atoms with Gasteiger partial charge in [-0.2, -0.15) is 0 Å². The highest BCUT2D eigenvalue weighted by atomic mass is 16.6. The molecule has 1 amide bonds. The molecule has 0 heterocycles. The van der Waals surface area contributed by atoms with Gasteiger partial charge in [-0.15, -0.1) is 0 Å². The molecule has 23 heavy (non-hydrogen) atoms. The maximum atomic E-state index is 11.6. The van der Waals surface area contributed by atoms with Crippen molar-refractivity contribution < 1.29 is 14.6 Å². The van der Waals surface area contributed by atoms with Crippen LogP contribution in [0.4, 0.5) is 11.4 Å². The van der Waals surface area contributed by atoms with Crippen LogP contribution in [0.1, 0.15) is 11.1 Å². The third kappa shape index (κ3) is 3.76. The standard InChI is InChI=1S/C15H11N3O5/c16-15(19)14(11-4-6-12(7-5-11)17(20)21)9-10-2-1-3-13(8-10)18(22)23/h1-9H,(H2,16,19)/b14-9-. The second-order valence-corrected chi connectivity index (χ2v) is 4.58. The fraction of sp³-hybridized carbons (Fsp3) is 0. The molecule has 0 saturated carbocycles. The zero-order chi connectivity index (χ0) is 17.0. The van der Waals surface area contributed by atoms with Crippen LogP contribution in [-0.4, -0.2) is 15.8 Å². The van der Waals surface area contributed by atoms with E-state index in [-0.39, 0.29) is 16.9 Å². The first-order chi connectivity index (χ1) is 10.9. The van der Waals surface area contributed by atoms with Gasteiger partial charge in [0.1, 0.15) is 0 Å². The fourth-order valence-electron chi connectivity index (χ4n) is 1.95. The summed E-state index contributed by atoms with van der Waals surface area (Å²) in [5, 5.41) is 21.4. The van der Waals surface area contributed by atoms with Gasteiger partial charge in [-0.3, -0.25) is 25.0 Å². The predicted octanol–water partition coefficient (Wildman–Crippen LogP) is 2.53. The molecule has 0 aromatic heterocycles. The van der Waals surface area contributed by atoms with E-state index in [0.29, 0.717) is 11.1 Å². The highest BCUT2D eigenvalue weighted by molar-refractivity contribution is 6.23. The van der Waals surface area contributed by atoms with Crippen LogP contribution < -0.4 is 5.73 Å². The number of carbonyl (C=O) groups excluding carboxylic acids is 1. The Balaban J connectivity index is 2.45. The van der Waals surface area contributed by atoms with Crippen LogP contribution in [-0.2, 0) is 4.79 Å². The van der Waals surface area contributed by atoms with E-state index in [9.17, 15) is 25.0 Å². The number of primary amides is 1. The minimum Gasteiger partial charge on any atom is -0.366 e. The molecule has 0 atom stereocenters. The van der Waals surface area contributed by atoms with Gasteiger partial charge in [0.05, 0.1) is 9.85 Å². The first-order valence-corrected chi connectivity index (χ1v) is 6.39. The lowest BCUT2D eigenvalue weighted by Crippen LogP contribution is -2.12. The van der Waals surface area contributed by atoms with Crippen molar-refractivity contribution in [1.82, 2.24) is 0 Å². The highest BCUT2D eigenvalue weighted by Gasteiger charge is 2.12. The van der Waals surface area contributed by atoms with E-state index in [1.165, 1.54) is 48.5 Å². The summed E-state index contributed by atoms with van der Waals surface area (Å²) in [7, 11) is 0. The number of benzene rings is 2. The van der Waals surface area contributed by atoms with E-state index in [0.717, 1.165) is 0 Å². The van der Waals surface area contributed by atoms with Gasteiger partial charge in [0.25, 0.3) is 11.4 Å². The Hall–Kier alpha value is -3.55. The summed E-state index contributed by atoms with van der Waals surface area (Å²) < 4.78 is 0. The molecule has 2 rings (SSSR count). The third-order valence-electron chi connectivity index (χ3n) is 3.05. The normalized spacial score (nSPS) is 11.0. The molecule has 0 bridgehead atoms. The zero-order valence-electron chi connectivity index (χ0n) is 11.7. The number of nitro benzene ring substituents is 2. The predicted molar refractivity (Wildman–Crippen MR) is 83.3 cm³/mol. The zero-order valence-corrected chi connectivity index (χ0v) is 11.7. The topological polar surface area (TPSA) is 129 Å². The average Bonchev–Trinajstić information content (AvgIpc) is 2.52. The van der Waals surface area contributed by atoms with Gasteiger partial charge in [0.2, 0.25) is 5.91 Å². The van der Waals surface area contributed by atoms with Crippen LogP contribution in [0.2, 0.25) is 0 Å². The number of nitrogens with two attached hydrogens (primary N) is 1. The molecule has 0 aliphatic carbocycles. The molecule has 0 aliphatic heterocycles. The summed E-state index contributed by atoms with van der Waals surface area (Å²) in [6, 6.07) is 11.0. The lowest BCUT2D eigenvalue weighted by Gasteiger charge is -2.04. The molecule has 2 aromatic carbocycles. The lowest BCUT2D eigenvalue weighted by atomic mass is 10.0. The van der Waals surface area contributed by atoms with Crippen molar-refractivity contribution >= 4 is 28.9 Å². The van der Waals surface area contributed by atoms with Gasteiger partial charge in [-0.25, -0.2) is 0 Å². The number of non-ortho nitro benzene ring substituents is 2. The summed E-state index contributed by atoms with van der Waals surface area (Å²) in [4.78, 5) is 31.9. The molecular weight excluding hydrogens is 302 g/mol. The Kier molecular flexibility index (Phi) is 4.46. The van der Waals surface area contributed by atoms with Gasteiger partial charge >= 0.3 is 0 Å². The van der Waals surface area contributed by atoms with Crippen molar-refractivity contribution in [2.75, 3.05) is 0 Å². The molecule has 116 valence electrons. The summed E-state index contributed by atoms with van der Waals surface area (Å²) in [6.07, 6.45) is 1.40. The molecule has 2 N–H and O–H groups in total. The van der Waals surface area contributed by atoms with E-state index in [1.807, 2.05) is 0 Å². The molecule has 8 heteroatoms. The molecule has 0 saturated heterocycles. The number of nitro groups is 2.